The van der Waals surface area contributed by atoms with Gasteiger partial charge in [0.15, 0.2) is 0 Å². The first-order chi connectivity index (χ1) is 8.77. The lowest BCUT2D eigenvalue weighted by molar-refractivity contribution is 1.69. The normalized spacial score (nSPS) is 11.3. The summed E-state index contributed by atoms with van der Waals surface area (Å²) < 4.78 is 0. The minimum atomic E-state index is -0.450. The van der Waals surface area contributed by atoms with Crippen molar-refractivity contribution in [2.45, 2.75) is 13.1 Å². The standard InChI is InChI=1S/C17H16Si/c1-18(2)16-12-14-10-6-7-11-15(14)17(16)13-8-4-3-5-9-13/h3-12H,1-2H3/q-1. The summed E-state index contributed by atoms with van der Waals surface area (Å²) in [7, 11) is -0.450. The number of rotatable bonds is 2. The van der Waals surface area contributed by atoms with Crippen LogP contribution in [0.15, 0.2) is 60.7 Å². The van der Waals surface area contributed by atoms with Crippen LogP contribution in [0.2, 0.25) is 13.1 Å². The van der Waals surface area contributed by atoms with Gasteiger partial charge in [0, 0.05) is 0 Å². The maximum atomic E-state index is 2.38. The molecule has 1 heteroatoms. The second-order valence-corrected chi connectivity index (χ2v) is 7.42. The van der Waals surface area contributed by atoms with Gasteiger partial charge in [-0.2, -0.15) is 0 Å². The molecule has 0 aliphatic heterocycles. The summed E-state index contributed by atoms with van der Waals surface area (Å²) in [6.45, 7) is 4.73. The molecule has 89 valence electrons. The van der Waals surface area contributed by atoms with Gasteiger partial charge in [-0.25, -0.2) is 0 Å². The van der Waals surface area contributed by atoms with E-state index in [1.54, 1.807) is 5.19 Å². The highest BCUT2D eigenvalue weighted by molar-refractivity contribution is 6.73. The Balaban J connectivity index is 2.35. The van der Waals surface area contributed by atoms with Crippen LogP contribution >= 0.6 is 0 Å². The minimum absolute atomic E-state index is 0.450. The van der Waals surface area contributed by atoms with Crippen molar-refractivity contribution in [3.63, 3.8) is 0 Å². The van der Waals surface area contributed by atoms with Gasteiger partial charge in [0.05, 0.1) is 8.80 Å². The van der Waals surface area contributed by atoms with Crippen LogP contribution in [-0.2, 0) is 0 Å². The van der Waals surface area contributed by atoms with E-state index in [0.717, 1.165) is 0 Å². The van der Waals surface area contributed by atoms with Gasteiger partial charge in [0.25, 0.3) is 0 Å². The molecule has 0 aromatic heterocycles. The van der Waals surface area contributed by atoms with E-state index in [-0.39, 0.29) is 0 Å². The van der Waals surface area contributed by atoms with Crippen LogP contribution in [0, 0.1) is 0 Å². The molecule has 0 unspecified atom stereocenters. The summed E-state index contributed by atoms with van der Waals surface area (Å²) in [5.74, 6) is 0. The van der Waals surface area contributed by atoms with Crippen molar-refractivity contribution >= 4 is 24.8 Å². The van der Waals surface area contributed by atoms with E-state index >= 15 is 0 Å². The molecule has 0 nitrogen and oxygen atoms in total. The molecule has 1 radical (unpaired) electrons. The smallest absolute Gasteiger partial charge is 0.0634 e. The highest BCUT2D eigenvalue weighted by Crippen LogP contribution is 2.29. The van der Waals surface area contributed by atoms with Gasteiger partial charge >= 0.3 is 0 Å². The van der Waals surface area contributed by atoms with Crippen molar-refractivity contribution in [2.75, 3.05) is 0 Å². The predicted molar refractivity (Wildman–Crippen MR) is 82.1 cm³/mol. The van der Waals surface area contributed by atoms with Crippen molar-refractivity contribution < 1.29 is 0 Å². The first-order valence-electron chi connectivity index (χ1n) is 6.32. The fourth-order valence-electron chi connectivity index (χ4n) is 2.53. The lowest BCUT2D eigenvalue weighted by Crippen LogP contribution is -2.22. The molecule has 0 saturated carbocycles. The third kappa shape index (κ3) is 1.81. The first kappa shape index (κ1) is 11.4. The zero-order chi connectivity index (χ0) is 12.5. The molecule has 0 aliphatic carbocycles. The Bertz CT molecular complexity index is 662. The molecule has 3 aromatic carbocycles. The van der Waals surface area contributed by atoms with Crippen molar-refractivity contribution in [3.05, 3.63) is 60.7 Å². The van der Waals surface area contributed by atoms with Crippen molar-refractivity contribution in [3.8, 4) is 11.1 Å². The number of hydrogen-bond acceptors (Lipinski definition) is 0. The molecular formula is C17H16Si-. The Morgan fingerprint density at radius 1 is 0.833 bits per heavy atom. The van der Waals surface area contributed by atoms with Gasteiger partial charge < -0.3 is 0 Å². The molecule has 3 aromatic rings. The van der Waals surface area contributed by atoms with Crippen molar-refractivity contribution in [2.24, 2.45) is 0 Å². The SMILES string of the molecule is C[Si](C)c1cc2ccccc2[c-]1-c1ccccc1. The third-order valence-electron chi connectivity index (χ3n) is 3.40. The average Bonchev–Trinajstić information content (AvgIpc) is 2.79. The van der Waals surface area contributed by atoms with Gasteiger partial charge in [-0.05, 0) is 0 Å². The summed E-state index contributed by atoms with van der Waals surface area (Å²) in [5, 5.41) is 4.31. The molecule has 0 heterocycles. The number of fused-ring (bicyclic) bond motifs is 1. The minimum Gasteiger partial charge on any atom is -0.130 e. The highest BCUT2D eigenvalue weighted by Gasteiger charge is 2.09. The number of benzene rings is 2. The second kappa shape index (κ2) is 4.50. The predicted octanol–water partition coefficient (Wildman–Crippen LogP) is 4.19. The molecule has 0 atom stereocenters. The molecule has 0 bridgehead atoms. The first-order valence-corrected chi connectivity index (χ1v) is 8.82. The van der Waals surface area contributed by atoms with Crippen LogP contribution in [-0.4, -0.2) is 8.80 Å². The largest absolute Gasteiger partial charge is 0.130 e. The molecule has 0 spiro atoms. The van der Waals surface area contributed by atoms with Crippen molar-refractivity contribution in [1.29, 1.82) is 0 Å². The van der Waals surface area contributed by atoms with E-state index in [9.17, 15) is 0 Å². The molecule has 0 saturated heterocycles. The lowest BCUT2D eigenvalue weighted by Gasteiger charge is -2.13. The Hall–Kier alpha value is -1.73. The van der Waals surface area contributed by atoms with Crippen LogP contribution < -0.4 is 5.19 Å². The third-order valence-corrected chi connectivity index (χ3v) is 4.87. The van der Waals surface area contributed by atoms with Gasteiger partial charge in [0.1, 0.15) is 0 Å². The second-order valence-electron chi connectivity index (χ2n) is 4.89. The van der Waals surface area contributed by atoms with Crippen LogP contribution in [0.5, 0.6) is 0 Å². The maximum Gasteiger partial charge on any atom is 0.0634 e. The van der Waals surface area contributed by atoms with Crippen LogP contribution in [0.3, 0.4) is 0 Å². The molecule has 0 amide bonds. The molecule has 18 heavy (non-hydrogen) atoms. The van der Waals surface area contributed by atoms with E-state index in [4.69, 9.17) is 0 Å². The molecular weight excluding hydrogens is 232 g/mol. The van der Waals surface area contributed by atoms with Crippen LogP contribution in [0.1, 0.15) is 0 Å². The summed E-state index contributed by atoms with van der Waals surface area (Å²) in [6.07, 6.45) is 0. The summed E-state index contributed by atoms with van der Waals surface area (Å²) >= 11 is 0. The Kier molecular flexibility index (Phi) is 2.84. The van der Waals surface area contributed by atoms with E-state index in [2.05, 4.69) is 73.8 Å². The topological polar surface area (TPSA) is 0 Å². The van der Waals surface area contributed by atoms with Gasteiger partial charge in [-0.3, -0.25) is 0 Å². The van der Waals surface area contributed by atoms with E-state index in [1.807, 2.05) is 0 Å². The quantitative estimate of drug-likeness (QED) is 0.471. The van der Waals surface area contributed by atoms with Gasteiger partial charge in [-0.15, -0.1) is 35.0 Å². The average molecular weight is 248 g/mol. The molecule has 0 aliphatic rings. The zero-order valence-electron chi connectivity index (χ0n) is 10.8. The van der Waals surface area contributed by atoms with E-state index in [1.165, 1.54) is 21.9 Å². The summed E-state index contributed by atoms with van der Waals surface area (Å²) in [6, 6.07) is 21.9. The Morgan fingerprint density at radius 3 is 2.22 bits per heavy atom. The maximum absolute atomic E-state index is 2.38. The fraction of sp³-hybridized carbons (Fsp3) is 0.118. The molecule has 0 N–H and O–H groups in total. The number of hydrogen-bond donors (Lipinski definition) is 0. The van der Waals surface area contributed by atoms with Gasteiger partial charge in [-0.1, -0.05) is 65.8 Å². The van der Waals surface area contributed by atoms with Crippen molar-refractivity contribution in [1.82, 2.24) is 0 Å². The summed E-state index contributed by atoms with van der Waals surface area (Å²) in [5.41, 5.74) is 2.80. The van der Waals surface area contributed by atoms with Crippen LogP contribution in [0.25, 0.3) is 21.9 Å². The van der Waals surface area contributed by atoms with Gasteiger partial charge in [0.2, 0.25) is 0 Å². The summed E-state index contributed by atoms with van der Waals surface area (Å²) in [4.78, 5) is 0. The Labute approximate surface area is 110 Å². The Morgan fingerprint density at radius 2 is 1.50 bits per heavy atom. The van der Waals surface area contributed by atoms with E-state index in [0.29, 0.717) is 0 Å². The zero-order valence-corrected chi connectivity index (χ0v) is 11.8. The highest BCUT2D eigenvalue weighted by atomic mass is 28.3. The molecule has 3 rings (SSSR count). The lowest BCUT2D eigenvalue weighted by atomic mass is 10.1. The fourth-order valence-corrected chi connectivity index (χ4v) is 3.76. The monoisotopic (exact) mass is 248 g/mol. The molecule has 0 fully saturated rings. The van der Waals surface area contributed by atoms with E-state index < -0.39 is 8.80 Å². The van der Waals surface area contributed by atoms with Crippen LogP contribution in [0.4, 0.5) is 0 Å².